The second kappa shape index (κ2) is 5.44. The molecule has 0 saturated carbocycles. The van der Waals surface area contributed by atoms with Crippen molar-refractivity contribution in [3.63, 3.8) is 0 Å². The van der Waals surface area contributed by atoms with Crippen molar-refractivity contribution in [2.75, 3.05) is 0 Å². The molecule has 0 nitrogen and oxygen atoms in total. The second-order valence-electron chi connectivity index (χ2n) is 6.02. The zero-order valence-corrected chi connectivity index (χ0v) is 15.2. The topological polar surface area (TPSA) is 0 Å². The molecule has 0 aliphatic rings. The fourth-order valence-electron chi connectivity index (χ4n) is 3.28. The summed E-state index contributed by atoms with van der Waals surface area (Å²) in [6.07, 6.45) is 0. The van der Waals surface area contributed by atoms with Crippen molar-refractivity contribution in [2.24, 2.45) is 0 Å². The molecule has 0 aliphatic carbocycles. The van der Waals surface area contributed by atoms with Gasteiger partial charge in [0, 0.05) is 24.6 Å². The van der Waals surface area contributed by atoms with E-state index in [1.807, 2.05) is 11.3 Å². The molecule has 5 aromatic rings. The lowest BCUT2D eigenvalue weighted by atomic mass is 10.0. The molecule has 0 bridgehead atoms. The normalized spacial score (nSPS) is 11.5. The molecular weight excluding hydrogens is 376 g/mol. The van der Waals surface area contributed by atoms with E-state index in [1.54, 1.807) is 0 Å². The standard InChI is InChI=1S/C22H13BrS/c23-18-8-5-14(6-9-18)17-7-10-19-20-11-15-3-1-2-4-16(15)12-22(20)24-21(19)13-17/h1-13H. The number of hydrogen-bond donors (Lipinski definition) is 0. The van der Waals surface area contributed by atoms with Crippen molar-refractivity contribution in [1.82, 2.24) is 0 Å². The lowest BCUT2D eigenvalue weighted by Crippen LogP contribution is -1.77. The number of rotatable bonds is 1. The van der Waals surface area contributed by atoms with Gasteiger partial charge in [-0.1, -0.05) is 64.5 Å². The third-order valence-corrected chi connectivity index (χ3v) is 6.16. The molecule has 24 heavy (non-hydrogen) atoms. The molecular formula is C22H13BrS. The summed E-state index contributed by atoms with van der Waals surface area (Å²) in [5.74, 6) is 0. The first-order chi connectivity index (χ1) is 11.8. The van der Waals surface area contributed by atoms with E-state index in [-0.39, 0.29) is 0 Å². The van der Waals surface area contributed by atoms with Gasteiger partial charge in [0.2, 0.25) is 0 Å². The summed E-state index contributed by atoms with van der Waals surface area (Å²) in [6, 6.07) is 28.5. The van der Waals surface area contributed by atoms with E-state index in [4.69, 9.17) is 0 Å². The number of fused-ring (bicyclic) bond motifs is 4. The Balaban J connectivity index is 1.76. The summed E-state index contributed by atoms with van der Waals surface area (Å²) in [6.45, 7) is 0. The molecule has 0 amide bonds. The van der Waals surface area contributed by atoms with Gasteiger partial charge in [0.15, 0.2) is 0 Å². The molecule has 5 rings (SSSR count). The third kappa shape index (κ3) is 2.26. The van der Waals surface area contributed by atoms with Crippen LogP contribution in [-0.4, -0.2) is 0 Å². The van der Waals surface area contributed by atoms with Crippen molar-refractivity contribution >= 4 is 58.2 Å². The molecule has 0 N–H and O–H groups in total. The molecule has 4 aromatic carbocycles. The van der Waals surface area contributed by atoms with Crippen molar-refractivity contribution in [1.29, 1.82) is 0 Å². The number of thiophene rings is 1. The molecule has 0 saturated heterocycles. The maximum atomic E-state index is 3.50. The monoisotopic (exact) mass is 388 g/mol. The molecule has 0 spiro atoms. The molecule has 0 atom stereocenters. The number of halogens is 1. The SMILES string of the molecule is Brc1ccc(-c2ccc3c(c2)sc2cc4ccccc4cc23)cc1. The lowest BCUT2D eigenvalue weighted by Gasteiger charge is -2.02. The van der Waals surface area contributed by atoms with Crippen molar-refractivity contribution in [3.8, 4) is 11.1 Å². The van der Waals surface area contributed by atoms with E-state index >= 15 is 0 Å². The Labute approximate surface area is 152 Å². The minimum absolute atomic E-state index is 1.11. The average Bonchev–Trinajstić information content (AvgIpc) is 2.97. The Morgan fingerprint density at radius 1 is 0.583 bits per heavy atom. The summed E-state index contributed by atoms with van der Waals surface area (Å²) < 4.78 is 3.82. The van der Waals surface area contributed by atoms with Crippen LogP contribution >= 0.6 is 27.3 Å². The summed E-state index contributed by atoms with van der Waals surface area (Å²) in [5, 5.41) is 5.32. The highest BCUT2D eigenvalue weighted by Crippen LogP contribution is 2.38. The van der Waals surface area contributed by atoms with Gasteiger partial charge in [-0.25, -0.2) is 0 Å². The van der Waals surface area contributed by atoms with Gasteiger partial charge in [-0.2, -0.15) is 0 Å². The van der Waals surface area contributed by atoms with Gasteiger partial charge >= 0.3 is 0 Å². The highest BCUT2D eigenvalue weighted by atomic mass is 79.9. The van der Waals surface area contributed by atoms with Gasteiger partial charge in [-0.15, -0.1) is 11.3 Å². The summed E-state index contributed by atoms with van der Waals surface area (Å²) >= 11 is 5.38. The molecule has 0 unspecified atom stereocenters. The van der Waals surface area contributed by atoms with Crippen molar-refractivity contribution < 1.29 is 0 Å². The Bertz CT molecular complexity index is 1200. The van der Waals surface area contributed by atoms with Crippen LogP contribution in [-0.2, 0) is 0 Å². The van der Waals surface area contributed by atoms with Gasteiger partial charge < -0.3 is 0 Å². The van der Waals surface area contributed by atoms with E-state index in [0.29, 0.717) is 0 Å². The van der Waals surface area contributed by atoms with E-state index in [1.165, 1.54) is 42.1 Å². The molecule has 0 radical (unpaired) electrons. The zero-order chi connectivity index (χ0) is 16.1. The highest BCUT2D eigenvalue weighted by Gasteiger charge is 2.08. The summed E-state index contributed by atoms with van der Waals surface area (Å²) in [5.41, 5.74) is 2.52. The fraction of sp³-hybridized carbons (Fsp3) is 0. The van der Waals surface area contributed by atoms with Crippen molar-refractivity contribution in [3.05, 3.63) is 83.3 Å². The Morgan fingerprint density at radius 2 is 1.25 bits per heavy atom. The summed E-state index contributed by atoms with van der Waals surface area (Å²) in [7, 11) is 0. The Morgan fingerprint density at radius 3 is 2.04 bits per heavy atom. The van der Waals surface area contributed by atoms with Crippen LogP contribution < -0.4 is 0 Å². The van der Waals surface area contributed by atoms with Gasteiger partial charge in [-0.05, 0) is 52.2 Å². The molecule has 114 valence electrons. The van der Waals surface area contributed by atoms with Gasteiger partial charge in [0.25, 0.3) is 0 Å². The van der Waals surface area contributed by atoms with Gasteiger partial charge in [-0.3, -0.25) is 0 Å². The third-order valence-electron chi connectivity index (χ3n) is 4.52. The predicted molar refractivity (Wildman–Crippen MR) is 110 cm³/mol. The first kappa shape index (κ1) is 14.2. The smallest absolute Gasteiger partial charge is 0.0361 e. The largest absolute Gasteiger partial charge is 0.135 e. The maximum absolute atomic E-state index is 3.50. The average molecular weight is 389 g/mol. The van der Waals surface area contributed by atoms with Crippen LogP contribution in [0.15, 0.2) is 83.3 Å². The van der Waals surface area contributed by atoms with Crippen molar-refractivity contribution in [2.45, 2.75) is 0 Å². The quantitative estimate of drug-likeness (QED) is 0.276. The van der Waals surface area contributed by atoms with Gasteiger partial charge in [0.05, 0.1) is 0 Å². The second-order valence-corrected chi connectivity index (χ2v) is 8.01. The van der Waals surface area contributed by atoms with Crippen LogP contribution in [0, 0.1) is 0 Å². The fourth-order valence-corrected chi connectivity index (χ4v) is 4.72. The molecule has 1 aromatic heterocycles. The van der Waals surface area contributed by atoms with Crippen LogP contribution in [0.5, 0.6) is 0 Å². The Hall–Kier alpha value is -2.16. The highest BCUT2D eigenvalue weighted by molar-refractivity contribution is 9.10. The van der Waals surface area contributed by atoms with Crippen LogP contribution in [0.4, 0.5) is 0 Å². The molecule has 0 aliphatic heterocycles. The van der Waals surface area contributed by atoms with Crippen LogP contribution in [0.25, 0.3) is 42.1 Å². The van der Waals surface area contributed by atoms with E-state index in [9.17, 15) is 0 Å². The van der Waals surface area contributed by atoms with Crippen LogP contribution in [0.2, 0.25) is 0 Å². The first-order valence-electron chi connectivity index (χ1n) is 7.89. The maximum Gasteiger partial charge on any atom is 0.0361 e. The minimum Gasteiger partial charge on any atom is -0.135 e. The molecule has 2 heteroatoms. The van der Waals surface area contributed by atoms with E-state index < -0.39 is 0 Å². The Kier molecular flexibility index (Phi) is 3.22. The van der Waals surface area contributed by atoms with E-state index in [2.05, 4.69) is 94.8 Å². The zero-order valence-electron chi connectivity index (χ0n) is 12.8. The number of hydrogen-bond acceptors (Lipinski definition) is 1. The first-order valence-corrected chi connectivity index (χ1v) is 9.50. The lowest BCUT2D eigenvalue weighted by molar-refractivity contribution is 1.62. The summed E-state index contributed by atoms with van der Waals surface area (Å²) in [4.78, 5) is 0. The van der Waals surface area contributed by atoms with Crippen LogP contribution in [0.3, 0.4) is 0 Å². The molecule has 1 heterocycles. The van der Waals surface area contributed by atoms with Crippen LogP contribution in [0.1, 0.15) is 0 Å². The van der Waals surface area contributed by atoms with E-state index in [0.717, 1.165) is 4.47 Å². The predicted octanol–water partition coefficient (Wildman–Crippen LogP) is 7.64. The number of benzene rings is 4. The minimum atomic E-state index is 1.11. The van der Waals surface area contributed by atoms with Gasteiger partial charge in [0.1, 0.15) is 0 Å². The molecule has 0 fully saturated rings.